The van der Waals surface area contributed by atoms with E-state index in [2.05, 4.69) is 4.74 Å². The molecule has 0 spiro atoms. The van der Waals surface area contributed by atoms with E-state index in [1.807, 2.05) is 0 Å². The average molecular weight is 138 g/mol. The molecule has 0 heterocycles. The van der Waals surface area contributed by atoms with Crippen LogP contribution in [0.5, 0.6) is 0 Å². The number of rotatable bonds is 0. The summed E-state index contributed by atoms with van der Waals surface area (Å²) in [7, 11) is 1.10. The topological polar surface area (TPSA) is 87.0 Å². The van der Waals surface area contributed by atoms with Crippen LogP contribution in [0.4, 0.5) is 4.79 Å². The standard InChI is InChI=1S/C2H4O3.C2H6O2/c1-5-2(3)4;1-2(3)4/h1H3,(H,3,4);2-4H,1H3. The van der Waals surface area contributed by atoms with E-state index >= 15 is 0 Å². The molecule has 0 aliphatic carbocycles. The maximum atomic E-state index is 9.15. The van der Waals surface area contributed by atoms with Gasteiger partial charge in [0.05, 0.1) is 7.11 Å². The van der Waals surface area contributed by atoms with Gasteiger partial charge in [-0.3, -0.25) is 0 Å². The third-order valence-electron chi connectivity index (χ3n) is 0.175. The van der Waals surface area contributed by atoms with Gasteiger partial charge in [-0.25, -0.2) is 4.79 Å². The largest absolute Gasteiger partial charge is 0.505 e. The van der Waals surface area contributed by atoms with E-state index in [1.165, 1.54) is 6.92 Å². The van der Waals surface area contributed by atoms with Crippen molar-refractivity contribution >= 4 is 6.16 Å². The van der Waals surface area contributed by atoms with Crippen LogP contribution in [0.3, 0.4) is 0 Å². The molecule has 0 aromatic carbocycles. The molecule has 56 valence electrons. The zero-order valence-electron chi connectivity index (χ0n) is 5.24. The summed E-state index contributed by atoms with van der Waals surface area (Å²) in [5, 5.41) is 22.7. The predicted molar refractivity (Wildman–Crippen MR) is 28.9 cm³/mol. The highest BCUT2D eigenvalue weighted by molar-refractivity contribution is 5.56. The second kappa shape index (κ2) is 7.19. The van der Waals surface area contributed by atoms with E-state index in [4.69, 9.17) is 20.1 Å². The molecule has 0 aliphatic rings. The van der Waals surface area contributed by atoms with Crippen LogP contribution in [0.15, 0.2) is 0 Å². The van der Waals surface area contributed by atoms with Gasteiger partial charge in [0.1, 0.15) is 6.29 Å². The summed E-state index contributed by atoms with van der Waals surface area (Å²) in [5.74, 6) is 0. The fourth-order valence-electron chi connectivity index (χ4n) is 0. The van der Waals surface area contributed by atoms with Gasteiger partial charge in [0.25, 0.3) is 0 Å². The molecule has 5 heteroatoms. The van der Waals surface area contributed by atoms with Gasteiger partial charge >= 0.3 is 6.16 Å². The second-order valence-corrected chi connectivity index (χ2v) is 1.10. The quantitative estimate of drug-likeness (QED) is 0.314. The molecule has 0 atom stereocenters. The van der Waals surface area contributed by atoms with Crippen molar-refractivity contribution in [1.29, 1.82) is 0 Å². The summed E-state index contributed by atoms with van der Waals surface area (Å²) in [4.78, 5) is 9.15. The number of carbonyl (C=O) groups is 1. The van der Waals surface area contributed by atoms with Crippen LogP contribution in [-0.4, -0.2) is 34.9 Å². The maximum Gasteiger partial charge on any atom is 0.505 e. The lowest BCUT2D eigenvalue weighted by molar-refractivity contribution is -0.0228. The molecule has 0 fully saturated rings. The molecule has 3 N–H and O–H groups in total. The van der Waals surface area contributed by atoms with Crippen LogP contribution in [0.1, 0.15) is 6.92 Å². The van der Waals surface area contributed by atoms with Crippen LogP contribution < -0.4 is 0 Å². The summed E-state index contributed by atoms with van der Waals surface area (Å²) in [6.45, 7) is 1.28. The lowest BCUT2D eigenvalue weighted by Crippen LogP contribution is -1.92. The molecular formula is C4H10O5. The van der Waals surface area contributed by atoms with Gasteiger partial charge in [-0.05, 0) is 6.92 Å². The normalized spacial score (nSPS) is 7.67. The van der Waals surface area contributed by atoms with Crippen molar-refractivity contribution in [3.63, 3.8) is 0 Å². The van der Waals surface area contributed by atoms with Crippen molar-refractivity contribution < 1.29 is 24.9 Å². The SMILES string of the molecule is CC(O)O.COC(=O)O. The summed E-state index contributed by atoms with van der Waals surface area (Å²) in [5.41, 5.74) is 0. The molecule has 0 unspecified atom stereocenters. The van der Waals surface area contributed by atoms with Crippen molar-refractivity contribution in [2.24, 2.45) is 0 Å². The Morgan fingerprint density at radius 1 is 1.56 bits per heavy atom. The summed E-state index contributed by atoms with van der Waals surface area (Å²) >= 11 is 0. The molecule has 0 bridgehead atoms. The van der Waals surface area contributed by atoms with Crippen molar-refractivity contribution in [2.45, 2.75) is 13.2 Å². The minimum atomic E-state index is -1.25. The third kappa shape index (κ3) is 137. The molecule has 0 amide bonds. The minimum Gasteiger partial charge on any atom is -0.450 e. The molecule has 0 rings (SSSR count). The molecule has 0 aromatic heterocycles. The first-order valence-corrected chi connectivity index (χ1v) is 2.13. The van der Waals surface area contributed by atoms with Crippen LogP contribution in [0.25, 0.3) is 0 Å². The number of methoxy groups -OCH3 is 1. The summed E-state index contributed by atoms with van der Waals surface area (Å²) in [6.07, 6.45) is -2.41. The predicted octanol–water partition coefficient (Wildman–Crippen LogP) is -0.372. The zero-order valence-corrected chi connectivity index (χ0v) is 5.24. The monoisotopic (exact) mass is 138 g/mol. The molecule has 0 aliphatic heterocycles. The van der Waals surface area contributed by atoms with Gasteiger partial charge < -0.3 is 20.1 Å². The highest BCUT2D eigenvalue weighted by Crippen LogP contribution is 1.60. The minimum absolute atomic E-state index is 1.10. The highest BCUT2D eigenvalue weighted by Gasteiger charge is 1.80. The van der Waals surface area contributed by atoms with Crippen molar-refractivity contribution in [1.82, 2.24) is 0 Å². The van der Waals surface area contributed by atoms with Gasteiger partial charge in [-0.15, -0.1) is 0 Å². The number of hydrogen-bond acceptors (Lipinski definition) is 4. The van der Waals surface area contributed by atoms with Gasteiger partial charge in [-0.1, -0.05) is 0 Å². The molecule has 0 radical (unpaired) electrons. The van der Waals surface area contributed by atoms with Gasteiger partial charge in [-0.2, -0.15) is 0 Å². The van der Waals surface area contributed by atoms with Gasteiger partial charge in [0, 0.05) is 0 Å². The fraction of sp³-hybridized carbons (Fsp3) is 0.750. The second-order valence-electron chi connectivity index (χ2n) is 1.10. The Labute approximate surface area is 52.5 Å². The number of hydrogen-bond donors (Lipinski definition) is 3. The van der Waals surface area contributed by atoms with Gasteiger partial charge in [0.15, 0.2) is 0 Å². The van der Waals surface area contributed by atoms with E-state index in [0.29, 0.717) is 0 Å². The Hall–Kier alpha value is -0.810. The fourth-order valence-corrected chi connectivity index (χ4v) is 0. The Morgan fingerprint density at radius 2 is 1.67 bits per heavy atom. The average Bonchev–Trinajstić information content (AvgIpc) is 1.65. The number of aliphatic hydroxyl groups is 2. The van der Waals surface area contributed by atoms with Crippen molar-refractivity contribution in [3.8, 4) is 0 Å². The van der Waals surface area contributed by atoms with Crippen LogP contribution in [0.2, 0.25) is 0 Å². The Balaban J connectivity index is 0. The number of aliphatic hydroxyl groups excluding tert-OH is 1. The summed E-state index contributed by atoms with van der Waals surface area (Å²) in [6, 6.07) is 0. The van der Waals surface area contributed by atoms with E-state index < -0.39 is 12.4 Å². The first-order chi connectivity index (χ1) is 4.00. The van der Waals surface area contributed by atoms with Crippen LogP contribution >= 0.6 is 0 Å². The molecule has 5 nitrogen and oxygen atoms in total. The van der Waals surface area contributed by atoms with E-state index in [-0.39, 0.29) is 0 Å². The van der Waals surface area contributed by atoms with Gasteiger partial charge in [0.2, 0.25) is 0 Å². The van der Waals surface area contributed by atoms with Crippen molar-refractivity contribution in [2.75, 3.05) is 7.11 Å². The first-order valence-electron chi connectivity index (χ1n) is 2.13. The molecule has 9 heavy (non-hydrogen) atoms. The first kappa shape index (κ1) is 11.0. The zero-order chi connectivity index (χ0) is 7.86. The highest BCUT2D eigenvalue weighted by atomic mass is 16.6. The van der Waals surface area contributed by atoms with E-state index in [0.717, 1.165) is 7.11 Å². The van der Waals surface area contributed by atoms with Crippen LogP contribution in [-0.2, 0) is 4.74 Å². The van der Waals surface area contributed by atoms with E-state index in [9.17, 15) is 0 Å². The number of ether oxygens (including phenoxy) is 1. The third-order valence-corrected chi connectivity index (χ3v) is 0.175. The smallest absolute Gasteiger partial charge is 0.450 e. The Bertz CT molecular complexity index is 66.6. The van der Waals surface area contributed by atoms with Crippen LogP contribution in [0, 0.1) is 0 Å². The Morgan fingerprint density at radius 3 is 1.67 bits per heavy atom. The van der Waals surface area contributed by atoms with E-state index in [1.54, 1.807) is 0 Å². The Kier molecular flexibility index (Phi) is 8.83. The lowest BCUT2D eigenvalue weighted by Gasteiger charge is -1.80. The lowest BCUT2D eigenvalue weighted by atomic mass is 10.8. The van der Waals surface area contributed by atoms with Crippen molar-refractivity contribution in [3.05, 3.63) is 0 Å². The molecular weight excluding hydrogens is 128 g/mol. The molecule has 0 saturated heterocycles. The number of carboxylic acid groups (broad SMARTS) is 1. The summed E-state index contributed by atoms with van der Waals surface area (Å²) < 4.78 is 3.67. The molecule has 0 saturated carbocycles. The molecule has 0 aromatic rings. The maximum absolute atomic E-state index is 9.15.